The molecule has 7 nitrogen and oxygen atoms in total. The van der Waals surface area contributed by atoms with E-state index in [0.29, 0.717) is 22.8 Å². The van der Waals surface area contributed by atoms with E-state index >= 15 is 0 Å². The van der Waals surface area contributed by atoms with Gasteiger partial charge in [0.1, 0.15) is 5.82 Å². The molecule has 4 aromatic rings. The fourth-order valence-corrected chi connectivity index (χ4v) is 3.23. The van der Waals surface area contributed by atoms with Gasteiger partial charge in [-0.3, -0.25) is 5.10 Å². The number of benzene rings is 2. The lowest BCUT2D eigenvalue weighted by Crippen LogP contribution is -2.19. The SMILES string of the molecule is CC(C)(C)c1cc(-c2ccc(NC(=O)Nc3ccc(F)cc3)cc2)c2c(N)n[nH]c2n1. The van der Waals surface area contributed by atoms with Gasteiger partial charge in [-0.1, -0.05) is 32.9 Å². The van der Waals surface area contributed by atoms with Gasteiger partial charge in [0.25, 0.3) is 0 Å². The second-order valence-electron chi connectivity index (χ2n) is 8.30. The summed E-state index contributed by atoms with van der Waals surface area (Å²) in [6.45, 7) is 6.28. The molecule has 0 aliphatic heterocycles. The summed E-state index contributed by atoms with van der Waals surface area (Å²) in [5, 5.41) is 13.2. The molecular weight excluding hydrogens is 395 g/mol. The maximum absolute atomic E-state index is 13.0. The minimum Gasteiger partial charge on any atom is -0.382 e. The molecule has 0 saturated carbocycles. The first kappa shape index (κ1) is 20.3. The molecule has 8 heteroatoms. The van der Waals surface area contributed by atoms with Crippen LogP contribution in [0.1, 0.15) is 26.5 Å². The van der Waals surface area contributed by atoms with Crippen molar-refractivity contribution < 1.29 is 9.18 Å². The number of nitrogen functional groups attached to an aromatic ring is 1. The maximum atomic E-state index is 13.0. The van der Waals surface area contributed by atoms with Gasteiger partial charge in [-0.25, -0.2) is 14.2 Å². The molecule has 0 spiro atoms. The van der Waals surface area contributed by atoms with Crippen LogP contribution in [0.2, 0.25) is 0 Å². The number of nitrogens with zero attached hydrogens (tertiary/aromatic N) is 2. The number of carbonyl (C=O) groups excluding carboxylic acids is 1. The van der Waals surface area contributed by atoms with E-state index in [1.54, 1.807) is 12.1 Å². The number of nitrogens with two attached hydrogens (primary N) is 1. The molecule has 5 N–H and O–H groups in total. The van der Waals surface area contributed by atoms with E-state index in [9.17, 15) is 9.18 Å². The molecule has 2 heterocycles. The molecular formula is C23H23FN6O. The first-order valence-electron chi connectivity index (χ1n) is 9.80. The molecule has 0 radical (unpaired) electrons. The molecule has 0 aliphatic rings. The van der Waals surface area contributed by atoms with Gasteiger partial charge in [0.2, 0.25) is 0 Å². The summed E-state index contributed by atoms with van der Waals surface area (Å²) in [4.78, 5) is 16.9. The van der Waals surface area contributed by atoms with Crippen LogP contribution in [-0.4, -0.2) is 21.2 Å². The van der Waals surface area contributed by atoms with Crippen molar-refractivity contribution in [2.24, 2.45) is 0 Å². The molecule has 0 fully saturated rings. The highest BCUT2D eigenvalue weighted by Gasteiger charge is 2.20. The Bertz CT molecular complexity index is 1240. The third kappa shape index (κ3) is 4.32. The van der Waals surface area contributed by atoms with Gasteiger partial charge in [-0.15, -0.1) is 0 Å². The molecule has 0 saturated heterocycles. The third-order valence-electron chi connectivity index (χ3n) is 4.88. The standard InChI is InChI=1S/C23H23FN6O/c1-23(2,3)18-12-17(19-20(25)29-30-21(19)28-18)13-4-8-15(9-5-13)26-22(31)27-16-10-6-14(24)7-11-16/h4-12H,1-3H3,(H2,26,27,31)(H3,25,28,29,30). The van der Waals surface area contributed by atoms with E-state index in [4.69, 9.17) is 5.73 Å². The van der Waals surface area contributed by atoms with E-state index < -0.39 is 6.03 Å². The highest BCUT2D eigenvalue weighted by Crippen LogP contribution is 2.34. The zero-order valence-electron chi connectivity index (χ0n) is 17.5. The van der Waals surface area contributed by atoms with Crippen LogP contribution in [0.3, 0.4) is 0 Å². The molecule has 0 unspecified atom stereocenters. The topological polar surface area (TPSA) is 109 Å². The number of hydrogen-bond donors (Lipinski definition) is 4. The Kier molecular flexibility index (Phi) is 5.06. The summed E-state index contributed by atoms with van der Waals surface area (Å²) >= 11 is 0. The van der Waals surface area contributed by atoms with Crippen LogP contribution in [0.15, 0.2) is 54.6 Å². The van der Waals surface area contributed by atoms with Crippen LogP contribution in [0.25, 0.3) is 22.2 Å². The molecule has 158 valence electrons. The molecule has 2 aromatic heterocycles. The zero-order chi connectivity index (χ0) is 22.2. The smallest absolute Gasteiger partial charge is 0.323 e. The van der Waals surface area contributed by atoms with Crippen LogP contribution < -0.4 is 16.4 Å². The van der Waals surface area contributed by atoms with E-state index in [-0.39, 0.29) is 11.2 Å². The normalized spacial score (nSPS) is 11.5. The van der Waals surface area contributed by atoms with Crippen LogP contribution in [-0.2, 0) is 5.41 Å². The highest BCUT2D eigenvalue weighted by molar-refractivity contribution is 6.01. The highest BCUT2D eigenvalue weighted by atomic mass is 19.1. The number of fused-ring (bicyclic) bond motifs is 1. The average Bonchev–Trinajstić information content (AvgIpc) is 3.10. The van der Waals surface area contributed by atoms with Gasteiger partial charge < -0.3 is 16.4 Å². The number of pyridine rings is 1. The molecule has 2 amide bonds. The first-order chi connectivity index (χ1) is 14.7. The number of H-pyrrole nitrogens is 1. The number of urea groups is 1. The number of anilines is 3. The monoisotopic (exact) mass is 418 g/mol. The second-order valence-corrected chi connectivity index (χ2v) is 8.30. The number of aromatic amines is 1. The Morgan fingerprint density at radius 3 is 2.16 bits per heavy atom. The summed E-state index contributed by atoms with van der Waals surface area (Å²) in [5.41, 5.74) is 10.4. The molecule has 4 rings (SSSR count). The Morgan fingerprint density at radius 2 is 1.58 bits per heavy atom. The lowest BCUT2D eigenvalue weighted by Gasteiger charge is -2.19. The van der Waals surface area contributed by atoms with E-state index in [0.717, 1.165) is 22.2 Å². The zero-order valence-corrected chi connectivity index (χ0v) is 17.5. The van der Waals surface area contributed by atoms with Crippen molar-refractivity contribution in [3.8, 4) is 11.1 Å². The molecule has 0 aliphatic carbocycles. The fourth-order valence-electron chi connectivity index (χ4n) is 3.23. The van der Waals surface area contributed by atoms with Crippen LogP contribution in [0.4, 0.5) is 26.4 Å². The maximum Gasteiger partial charge on any atom is 0.323 e. The number of rotatable bonds is 3. The van der Waals surface area contributed by atoms with Crippen molar-refractivity contribution in [1.29, 1.82) is 0 Å². The minimum absolute atomic E-state index is 0.150. The summed E-state index contributed by atoms with van der Waals surface area (Å²) < 4.78 is 13.0. The van der Waals surface area contributed by atoms with Gasteiger partial charge in [0.05, 0.1) is 5.39 Å². The number of amides is 2. The minimum atomic E-state index is -0.417. The Morgan fingerprint density at radius 1 is 1.00 bits per heavy atom. The molecule has 31 heavy (non-hydrogen) atoms. The Balaban J connectivity index is 1.59. The first-order valence-corrected chi connectivity index (χ1v) is 9.80. The van der Waals surface area contributed by atoms with Crippen molar-refractivity contribution in [2.45, 2.75) is 26.2 Å². The summed E-state index contributed by atoms with van der Waals surface area (Å²) in [6, 6.07) is 14.6. The third-order valence-corrected chi connectivity index (χ3v) is 4.88. The van der Waals surface area contributed by atoms with Crippen LogP contribution >= 0.6 is 0 Å². The van der Waals surface area contributed by atoms with Crippen LogP contribution in [0.5, 0.6) is 0 Å². The fraction of sp³-hybridized carbons (Fsp3) is 0.174. The van der Waals surface area contributed by atoms with Crippen LogP contribution in [0, 0.1) is 5.82 Å². The average molecular weight is 418 g/mol. The Labute approximate surface area is 178 Å². The molecule has 2 aromatic carbocycles. The number of halogens is 1. The van der Waals surface area contributed by atoms with E-state index in [1.165, 1.54) is 24.3 Å². The summed E-state index contributed by atoms with van der Waals surface area (Å²) in [5.74, 6) is 0.0264. The summed E-state index contributed by atoms with van der Waals surface area (Å²) in [6.07, 6.45) is 0. The number of nitrogens with one attached hydrogen (secondary N) is 3. The lowest BCUT2D eigenvalue weighted by molar-refractivity contribution is 0.262. The quantitative estimate of drug-likeness (QED) is 0.362. The van der Waals surface area contributed by atoms with Crippen molar-refractivity contribution in [3.63, 3.8) is 0 Å². The van der Waals surface area contributed by atoms with Crippen molar-refractivity contribution in [3.05, 3.63) is 66.1 Å². The van der Waals surface area contributed by atoms with E-state index in [2.05, 4.69) is 46.6 Å². The molecule has 0 bridgehead atoms. The van der Waals surface area contributed by atoms with E-state index in [1.807, 2.05) is 18.2 Å². The van der Waals surface area contributed by atoms with Crippen molar-refractivity contribution in [2.75, 3.05) is 16.4 Å². The van der Waals surface area contributed by atoms with Gasteiger partial charge >= 0.3 is 6.03 Å². The summed E-state index contributed by atoms with van der Waals surface area (Å²) in [7, 11) is 0. The van der Waals surface area contributed by atoms with Crippen molar-refractivity contribution in [1.82, 2.24) is 15.2 Å². The van der Waals surface area contributed by atoms with Crippen molar-refractivity contribution >= 4 is 34.3 Å². The van der Waals surface area contributed by atoms with Gasteiger partial charge in [0.15, 0.2) is 11.5 Å². The number of carbonyl (C=O) groups is 1. The van der Waals surface area contributed by atoms with Gasteiger partial charge in [-0.2, -0.15) is 5.10 Å². The number of hydrogen-bond acceptors (Lipinski definition) is 4. The molecule has 0 atom stereocenters. The predicted molar refractivity (Wildman–Crippen MR) is 121 cm³/mol. The lowest BCUT2D eigenvalue weighted by atomic mass is 9.89. The largest absolute Gasteiger partial charge is 0.382 e. The number of aromatic nitrogens is 3. The Hall–Kier alpha value is -3.94. The van der Waals surface area contributed by atoms with Gasteiger partial charge in [-0.05, 0) is 53.6 Å². The second kappa shape index (κ2) is 7.71. The van der Waals surface area contributed by atoms with Gasteiger partial charge in [0, 0.05) is 22.5 Å². The predicted octanol–water partition coefficient (Wildman–Crippen LogP) is 5.29.